The van der Waals surface area contributed by atoms with E-state index in [0.29, 0.717) is 11.6 Å². The first-order valence-corrected chi connectivity index (χ1v) is 5.04. The molecule has 0 atom stereocenters. The van der Waals surface area contributed by atoms with E-state index in [0.717, 1.165) is 12.1 Å². The van der Waals surface area contributed by atoms with E-state index in [1.165, 1.54) is 24.3 Å². The smallest absolute Gasteiger partial charge is 0.416 e. The fourth-order valence-electron chi connectivity index (χ4n) is 1.58. The van der Waals surface area contributed by atoms with Crippen molar-refractivity contribution in [2.75, 3.05) is 0 Å². The molecule has 2 aromatic carbocycles. The van der Waals surface area contributed by atoms with Gasteiger partial charge in [0.05, 0.1) is 5.56 Å². The molecule has 18 heavy (non-hydrogen) atoms. The van der Waals surface area contributed by atoms with Crippen molar-refractivity contribution in [2.45, 2.75) is 6.18 Å². The molecule has 0 aliphatic carbocycles. The molecule has 0 saturated heterocycles. The Kier molecular flexibility index (Phi) is 2.98. The van der Waals surface area contributed by atoms with Crippen molar-refractivity contribution in [1.82, 2.24) is 0 Å². The van der Waals surface area contributed by atoms with Crippen LogP contribution in [0.25, 0.3) is 11.1 Å². The molecule has 0 aliphatic heterocycles. The molecule has 2 aromatic rings. The van der Waals surface area contributed by atoms with Gasteiger partial charge in [-0.15, -0.1) is 0 Å². The van der Waals surface area contributed by atoms with E-state index in [1.54, 1.807) is 0 Å². The minimum Gasteiger partial charge on any atom is -0.507 e. The highest BCUT2D eigenvalue weighted by atomic mass is 19.4. The van der Waals surface area contributed by atoms with Gasteiger partial charge in [-0.05, 0) is 29.8 Å². The van der Waals surface area contributed by atoms with Gasteiger partial charge in [0.2, 0.25) is 0 Å². The molecule has 0 amide bonds. The Balaban J connectivity index is 2.45. The van der Waals surface area contributed by atoms with Crippen LogP contribution in [0, 0.1) is 5.82 Å². The Bertz CT molecular complexity index is 558. The molecule has 5 heteroatoms. The number of aromatic hydroxyl groups is 1. The quantitative estimate of drug-likeness (QED) is 0.757. The summed E-state index contributed by atoms with van der Waals surface area (Å²) in [6.07, 6.45) is -4.50. The average molecular weight is 256 g/mol. The third-order valence-electron chi connectivity index (χ3n) is 2.48. The van der Waals surface area contributed by atoms with Crippen LogP contribution in [0.3, 0.4) is 0 Å². The zero-order valence-electron chi connectivity index (χ0n) is 9.00. The van der Waals surface area contributed by atoms with Crippen LogP contribution in [-0.4, -0.2) is 5.11 Å². The molecule has 94 valence electrons. The number of halogens is 4. The third-order valence-corrected chi connectivity index (χ3v) is 2.48. The topological polar surface area (TPSA) is 20.2 Å². The summed E-state index contributed by atoms with van der Waals surface area (Å²) in [5.74, 6) is -0.943. The van der Waals surface area contributed by atoms with Gasteiger partial charge in [0.25, 0.3) is 0 Å². The maximum atomic E-state index is 12.7. The summed E-state index contributed by atoms with van der Waals surface area (Å²) in [5.41, 5.74) is -0.253. The molecule has 0 aliphatic rings. The molecule has 0 saturated carbocycles. The normalized spacial score (nSPS) is 11.6. The van der Waals surface area contributed by atoms with Crippen molar-refractivity contribution in [3.05, 3.63) is 53.8 Å². The summed E-state index contributed by atoms with van der Waals surface area (Å²) in [7, 11) is 0. The molecule has 0 radical (unpaired) electrons. The van der Waals surface area contributed by atoms with Gasteiger partial charge in [-0.1, -0.05) is 18.2 Å². The first-order valence-electron chi connectivity index (χ1n) is 5.04. The van der Waals surface area contributed by atoms with E-state index in [9.17, 15) is 22.7 Å². The summed E-state index contributed by atoms with van der Waals surface area (Å²) in [6, 6.07) is 7.80. The zero-order valence-corrected chi connectivity index (χ0v) is 9.00. The predicted molar refractivity (Wildman–Crippen MR) is 58.5 cm³/mol. The number of rotatable bonds is 1. The number of alkyl halides is 3. The maximum absolute atomic E-state index is 12.7. The summed E-state index contributed by atoms with van der Waals surface area (Å²) in [4.78, 5) is 0. The van der Waals surface area contributed by atoms with Gasteiger partial charge in [0, 0.05) is 5.56 Å². The number of phenols is 1. The van der Waals surface area contributed by atoms with Crippen molar-refractivity contribution in [1.29, 1.82) is 0 Å². The van der Waals surface area contributed by atoms with Crippen molar-refractivity contribution in [2.24, 2.45) is 0 Å². The van der Waals surface area contributed by atoms with E-state index in [1.807, 2.05) is 0 Å². The molecule has 0 unspecified atom stereocenters. The van der Waals surface area contributed by atoms with Crippen LogP contribution >= 0.6 is 0 Å². The minimum absolute atomic E-state index is 0.225. The van der Waals surface area contributed by atoms with Crippen molar-refractivity contribution in [3.63, 3.8) is 0 Å². The lowest BCUT2D eigenvalue weighted by atomic mass is 10.0. The number of phenolic OH excluding ortho intramolecular Hbond substituents is 1. The van der Waals surface area contributed by atoms with Gasteiger partial charge >= 0.3 is 6.18 Å². The van der Waals surface area contributed by atoms with E-state index < -0.39 is 23.3 Å². The summed E-state index contributed by atoms with van der Waals surface area (Å²) < 4.78 is 49.9. The van der Waals surface area contributed by atoms with E-state index >= 15 is 0 Å². The molecule has 0 aromatic heterocycles. The van der Waals surface area contributed by atoms with Gasteiger partial charge in [0.15, 0.2) is 0 Å². The summed E-state index contributed by atoms with van der Waals surface area (Å²) in [6.45, 7) is 0. The molecule has 0 fully saturated rings. The van der Waals surface area contributed by atoms with Crippen molar-refractivity contribution >= 4 is 0 Å². The number of hydrogen-bond acceptors (Lipinski definition) is 1. The lowest BCUT2D eigenvalue weighted by Crippen LogP contribution is -2.04. The van der Waals surface area contributed by atoms with Crippen molar-refractivity contribution < 1.29 is 22.7 Å². The second-order valence-corrected chi connectivity index (χ2v) is 3.74. The second kappa shape index (κ2) is 4.33. The summed E-state index contributed by atoms with van der Waals surface area (Å²) >= 11 is 0. The average Bonchev–Trinajstić information content (AvgIpc) is 2.29. The Labute approximate surface area is 100 Å². The van der Waals surface area contributed by atoms with Crippen LogP contribution in [0.4, 0.5) is 17.6 Å². The van der Waals surface area contributed by atoms with E-state index in [4.69, 9.17) is 0 Å². The van der Waals surface area contributed by atoms with Crippen molar-refractivity contribution in [3.8, 4) is 16.9 Å². The molecule has 0 heterocycles. The van der Waals surface area contributed by atoms with Gasteiger partial charge in [-0.25, -0.2) is 4.39 Å². The Morgan fingerprint density at radius 1 is 0.889 bits per heavy atom. The maximum Gasteiger partial charge on any atom is 0.416 e. The first-order chi connectivity index (χ1) is 8.38. The largest absolute Gasteiger partial charge is 0.507 e. The van der Waals surface area contributed by atoms with Crippen LogP contribution in [0.15, 0.2) is 42.5 Å². The Hall–Kier alpha value is -2.04. The summed E-state index contributed by atoms with van der Waals surface area (Å²) in [5, 5.41) is 9.58. The monoisotopic (exact) mass is 256 g/mol. The fourth-order valence-corrected chi connectivity index (χ4v) is 1.58. The van der Waals surface area contributed by atoms with E-state index in [2.05, 4.69) is 0 Å². The van der Waals surface area contributed by atoms with Crippen LogP contribution < -0.4 is 0 Å². The Morgan fingerprint density at radius 2 is 1.50 bits per heavy atom. The molecular formula is C13H8F4O. The number of hydrogen-bond donors (Lipinski definition) is 1. The third kappa shape index (κ3) is 2.45. The van der Waals surface area contributed by atoms with Gasteiger partial charge in [-0.2, -0.15) is 13.2 Å². The van der Waals surface area contributed by atoms with Crippen LogP contribution in [-0.2, 0) is 6.18 Å². The number of benzene rings is 2. The van der Waals surface area contributed by atoms with E-state index in [-0.39, 0.29) is 5.56 Å². The first kappa shape index (κ1) is 12.4. The lowest BCUT2D eigenvalue weighted by Gasteiger charge is -2.10. The van der Waals surface area contributed by atoms with Crippen LogP contribution in [0.5, 0.6) is 5.75 Å². The van der Waals surface area contributed by atoms with Crippen LogP contribution in [0.2, 0.25) is 0 Å². The highest BCUT2D eigenvalue weighted by molar-refractivity contribution is 5.70. The van der Waals surface area contributed by atoms with Gasteiger partial charge in [0.1, 0.15) is 11.6 Å². The molecule has 0 bridgehead atoms. The fraction of sp³-hybridized carbons (Fsp3) is 0.0769. The predicted octanol–water partition coefficient (Wildman–Crippen LogP) is 4.22. The highest BCUT2D eigenvalue weighted by Crippen LogP contribution is 2.36. The lowest BCUT2D eigenvalue weighted by molar-refractivity contribution is -0.137. The minimum atomic E-state index is -4.50. The second-order valence-electron chi connectivity index (χ2n) is 3.74. The van der Waals surface area contributed by atoms with Gasteiger partial charge in [-0.3, -0.25) is 0 Å². The molecule has 0 spiro atoms. The Morgan fingerprint density at radius 3 is 2.00 bits per heavy atom. The SMILES string of the molecule is Oc1cc(C(F)(F)F)ccc1-c1ccc(F)cc1. The molecule has 2 rings (SSSR count). The molecule has 1 N–H and O–H groups in total. The highest BCUT2D eigenvalue weighted by Gasteiger charge is 2.31. The standard InChI is InChI=1S/C13H8F4O/c14-10-4-1-8(2-5-10)11-6-3-9(7-12(11)18)13(15,16)17/h1-7,18H. The van der Waals surface area contributed by atoms with Crippen LogP contribution in [0.1, 0.15) is 5.56 Å². The zero-order chi connectivity index (χ0) is 13.3. The van der Waals surface area contributed by atoms with Gasteiger partial charge < -0.3 is 5.11 Å². The molecule has 1 nitrogen and oxygen atoms in total. The molecular weight excluding hydrogens is 248 g/mol.